The Hall–Kier alpha value is -2.43. The Labute approximate surface area is 163 Å². The smallest absolute Gasteiger partial charge is 0.261 e. The van der Waals surface area contributed by atoms with E-state index in [0.717, 1.165) is 12.8 Å². The summed E-state index contributed by atoms with van der Waals surface area (Å²) in [5, 5.41) is 0. The summed E-state index contributed by atoms with van der Waals surface area (Å²) >= 11 is 0. The quantitative estimate of drug-likeness (QED) is 0.733. The van der Waals surface area contributed by atoms with Crippen LogP contribution in [-0.2, 0) is 31.3 Å². The van der Waals surface area contributed by atoms with Gasteiger partial charge < -0.3 is 4.90 Å². The van der Waals surface area contributed by atoms with Crippen molar-refractivity contribution >= 4 is 37.3 Å². The average Bonchev–Trinajstić information content (AvgIpc) is 3.39. The minimum Gasteiger partial charge on any atom is -0.315 e. The Morgan fingerprint density at radius 1 is 0.929 bits per heavy atom. The van der Waals surface area contributed by atoms with Gasteiger partial charge in [0.25, 0.3) is 10.0 Å². The summed E-state index contributed by atoms with van der Waals surface area (Å²) in [5.41, 5.74) is 1.60. The van der Waals surface area contributed by atoms with E-state index in [1.54, 1.807) is 13.1 Å². The van der Waals surface area contributed by atoms with Crippen LogP contribution >= 0.6 is 0 Å². The largest absolute Gasteiger partial charge is 0.315 e. The van der Waals surface area contributed by atoms with E-state index in [1.807, 2.05) is 0 Å². The Balaban J connectivity index is 1.54. The minimum absolute atomic E-state index is 0.00563. The zero-order chi connectivity index (χ0) is 20.1. The van der Waals surface area contributed by atoms with Crippen molar-refractivity contribution < 1.29 is 21.6 Å². The van der Waals surface area contributed by atoms with Gasteiger partial charge in [-0.15, -0.1) is 0 Å². The summed E-state index contributed by atoms with van der Waals surface area (Å²) in [6, 6.07) is 10.1. The molecule has 0 unspecified atom stereocenters. The van der Waals surface area contributed by atoms with Crippen LogP contribution in [-0.4, -0.2) is 35.8 Å². The highest BCUT2D eigenvalue weighted by molar-refractivity contribution is 7.92. The molecule has 1 amide bonds. The third-order valence-corrected chi connectivity index (χ3v) is 7.67. The van der Waals surface area contributed by atoms with Gasteiger partial charge in [-0.2, -0.15) is 0 Å². The molecule has 1 saturated carbocycles. The molecule has 2 aliphatic rings. The summed E-state index contributed by atoms with van der Waals surface area (Å²) < 4.78 is 54.7. The molecule has 10 heteroatoms. The highest BCUT2D eigenvalue weighted by Gasteiger charge is 2.28. The molecule has 0 radical (unpaired) electrons. The first-order chi connectivity index (χ1) is 13.2. The second-order valence-electron chi connectivity index (χ2n) is 6.95. The predicted molar refractivity (Wildman–Crippen MR) is 104 cm³/mol. The van der Waals surface area contributed by atoms with E-state index >= 15 is 0 Å². The third-order valence-electron chi connectivity index (χ3n) is 4.75. The van der Waals surface area contributed by atoms with Gasteiger partial charge in [0, 0.05) is 24.5 Å². The van der Waals surface area contributed by atoms with Crippen LogP contribution in [0.25, 0.3) is 0 Å². The minimum atomic E-state index is -3.87. The third kappa shape index (κ3) is 3.62. The molecule has 0 bridgehead atoms. The second-order valence-corrected chi connectivity index (χ2v) is 10.3. The molecule has 0 aromatic heterocycles. The first-order valence-electron chi connectivity index (χ1n) is 8.70. The van der Waals surface area contributed by atoms with Gasteiger partial charge in [0.2, 0.25) is 15.9 Å². The lowest BCUT2D eigenvalue weighted by atomic mass is 10.2. The van der Waals surface area contributed by atoms with E-state index in [9.17, 15) is 21.6 Å². The molecule has 0 spiro atoms. The standard InChI is InChI=1S/C18H19N3O5S2/c1-21-17-9-8-16(10-12(17)11-18(21)22)28(25,26)20-14-4-6-15(7-5-14)27(23,24)19-13-2-3-13/h4-10,13,19-20H,2-3,11H2,1H3. The van der Waals surface area contributed by atoms with Crippen LogP contribution in [0.15, 0.2) is 52.3 Å². The molecule has 0 saturated heterocycles. The first kappa shape index (κ1) is 18.9. The fraction of sp³-hybridized carbons (Fsp3) is 0.278. The highest BCUT2D eigenvalue weighted by Crippen LogP contribution is 2.30. The van der Waals surface area contributed by atoms with Gasteiger partial charge in [0.15, 0.2) is 0 Å². The van der Waals surface area contributed by atoms with Crippen LogP contribution in [0.4, 0.5) is 11.4 Å². The van der Waals surface area contributed by atoms with Crippen LogP contribution in [0.3, 0.4) is 0 Å². The number of amides is 1. The number of likely N-dealkylation sites (N-methyl/N-ethyl adjacent to an activating group) is 1. The predicted octanol–water partition coefficient (Wildman–Crippen LogP) is 1.45. The average molecular weight is 422 g/mol. The van der Waals surface area contributed by atoms with E-state index in [-0.39, 0.29) is 33.8 Å². The molecule has 1 aliphatic heterocycles. The monoisotopic (exact) mass is 421 g/mol. The normalized spacial score (nSPS) is 16.9. The van der Waals surface area contributed by atoms with Crippen molar-refractivity contribution in [2.45, 2.75) is 35.1 Å². The van der Waals surface area contributed by atoms with E-state index in [2.05, 4.69) is 9.44 Å². The van der Waals surface area contributed by atoms with Gasteiger partial charge in [-0.25, -0.2) is 21.6 Å². The summed E-state index contributed by atoms with van der Waals surface area (Å²) in [5.74, 6) is -0.0888. The SMILES string of the molecule is CN1C(=O)Cc2cc(S(=O)(=O)Nc3ccc(S(=O)(=O)NC4CC4)cc3)ccc21. The maximum absolute atomic E-state index is 12.7. The number of carbonyl (C=O) groups excluding carboxylic acids is 1. The highest BCUT2D eigenvalue weighted by atomic mass is 32.2. The van der Waals surface area contributed by atoms with Crippen LogP contribution in [0.5, 0.6) is 0 Å². The van der Waals surface area contributed by atoms with Crippen LogP contribution in [0.1, 0.15) is 18.4 Å². The van der Waals surface area contributed by atoms with E-state index in [1.165, 1.54) is 41.3 Å². The number of carbonyl (C=O) groups is 1. The molecule has 2 N–H and O–H groups in total. The number of sulfonamides is 2. The number of hydrogen-bond acceptors (Lipinski definition) is 5. The number of anilines is 2. The fourth-order valence-corrected chi connectivity index (χ4v) is 5.43. The van der Waals surface area contributed by atoms with Crippen molar-refractivity contribution in [2.75, 3.05) is 16.7 Å². The summed E-state index contributed by atoms with van der Waals surface area (Å²) in [6.45, 7) is 0. The van der Waals surface area contributed by atoms with E-state index < -0.39 is 20.0 Å². The molecule has 8 nitrogen and oxygen atoms in total. The molecule has 2 aromatic carbocycles. The molecule has 148 valence electrons. The number of fused-ring (bicyclic) bond motifs is 1. The van der Waals surface area contributed by atoms with Gasteiger partial charge in [0.05, 0.1) is 16.2 Å². The summed E-state index contributed by atoms with van der Waals surface area (Å²) in [6.07, 6.45) is 1.83. The molecule has 1 fully saturated rings. The molecule has 0 atom stereocenters. The van der Waals surface area contributed by atoms with Gasteiger partial charge in [0.1, 0.15) is 0 Å². The van der Waals surface area contributed by atoms with Crippen molar-refractivity contribution in [1.82, 2.24) is 4.72 Å². The van der Waals surface area contributed by atoms with Crippen molar-refractivity contribution in [3.8, 4) is 0 Å². The van der Waals surface area contributed by atoms with Crippen LogP contribution in [0, 0.1) is 0 Å². The molecule has 1 aliphatic carbocycles. The van der Waals surface area contributed by atoms with E-state index in [4.69, 9.17) is 0 Å². The molecular formula is C18H19N3O5S2. The fourth-order valence-electron chi connectivity index (χ4n) is 3.02. The zero-order valence-corrected chi connectivity index (χ0v) is 16.7. The van der Waals surface area contributed by atoms with Gasteiger partial charge >= 0.3 is 0 Å². The maximum Gasteiger partial charge on any atom is 0.261 e. The zero-order valence-electron chi connectivity index (χ0n) is 15.0. The van der Waals surface area contributed by atoms with E-state index in [0.29, 0.717) is 11.3 Å². The Bertz CT molecular complexity index is 1150. The second kappa shape index (κ2) is 6.57. The lowest BCUT2D eigenvalue weighted by molar-refractivity contribution is -0.117. The molecular weight excluding hydrogens is 402 g/mol. The van der Waals surface area contributed by atoms with Crippen molar-refractivity contribution in [1.29, 1.82) is 0 Å². The topological polar surface area (TPSA) is 113 Å². The number of nitrogens with one attached hydrogen (secondary N) is 2. The summed E-state index contributed by atoms with van der Waals surface area (Å²) in [7, 11) is -5.82. The van der Waals surface area contributed by atoms with Gasteiger partial charge in [-0.05, 0) is 60.9 Å². The van der Waals surface area contributed by atoms with Crippen molar-refractivity contribution in [3.63, 3.8) is 0 Å². The molecule has 4 rings (SSSR count). The Morgan fingerprint density at radius 2 is 1.57 bits per heavy atom. The number of hydrogen-bond donors (Lipinski definition) is 2. The van der Waals surface area contributed by atoms with Crippen LogP contribution in [0.2, 0.25) is 0 Å². The van der Waals surface area contributed by atoms with Crippen LogP contribution < -0.4 is 14.3 Å². The Kier molecular flexibility index (Phi) is 4.44. The molecule has 1 heterocycles. The molecule has 2 aromatic rings. The maximum atomic E-state index is 12.7. The number of rotatable bonds is 6. The lowest BCUT2D eigenvalue weighted by Crippen LogP contribution is -2.25. The lowest BCUT2D eigenvalue weighted by Gasteiger charge is -2.12. The van der Waals surface area contributed by atoms with Crippen molar-refractivity contribution in [2.24, 2.45) is 0 Å². The van der Waals surface area contributed by atoms with Crippen molar-refractivity contribution in [3.05, 3.63) is 48.0 Å². The first-order valence-corrected chi connectivity index (χ1v) is 11.7. The summed E-state index contributed by atoms with van der Waals surface area (Å²) in [4.78, 5) is 13.4. The van der Waals surface area contributed by atoms with Gasteiger partial charge in [-0.3, -0.25) is 9.52 Å². The number of nitrogens with zero attached hydrogens (tertiary/aromatic N) is 1. The number of benzene rings is 2. The van der Waals surface area contributed by atoms with Gasteiger partial charge in [-0.1, -0.05) is 0 Å². The molecule has 28 heavy (non-hydrogen) atoms. The Morgan fingerprint density at radius 3 is 2.21 bits per heavy atom.